The van der Waals surface area contributed by atoms with Gasteiger partial charge in [0.15, 0.2) is 6.10 Å². The van der Waals surface area contributed by atoms with E-state index in [4.69, 9.17) is 54.6 Å². The SMILES string of the molecule is CCC(C)(C)C(=O)OC1C2CC3C(O2)C1OS3(=O)=O.CCC(C)(C)C(=O)OC1C2CCCC2OS1(=O)=O.CCC(C)(C)C(=O)OC1CCC2CC1OS2(=O)=O.CCC(C)(C)C(=O)OC1COS(=O)(=O)C1.CCC(C)(C)C(=O)OCCOC(=O)CC(=O)OC1C2CC3C1OS(=O)(=O)C3C2. The fraction of sp³-hybridized carbons (Fsp3) is 0.889. The molecular formula is C63H100O30S5. The van der Waals surface area contributed by atoms with E-state index in [1.54, 1.807) is 55.4 Å². The Hall–Kier alpha value is -4.20. The molecule has 562 valence electrons. The van der Waals surface area contributed by atoms with E-state index in [-0.39, 0.29) is 79.4 Å². The van der Waals surface area contributed by atoms with Crippen molar-refractivity contribution >= 4 is 92.4 Å². The number of hydrogen-bond acceptors (Lipinski definition) is 30. The van der Waals surface area contributed by atoms with Crippen molar-refractivity contribution in [3.63, 3.8) is 0 Å². The van der Waals surface area contributed by atoms with E-state index in [1.807, 2.05) is 48.5 Å². The van der Waals surface area contributed by atoms with Crippen LogP contribution in [0.1, 0.15) is 200 Å². The average Bonchev–Trinajstić information content (AvgIpc) is 1.56. The Bertz CT molecular complexity index is 3540. The van der Waals surface area contributed by atoms with E-state index in [2.05, 4.69) is 4.18 Å². The van der Waals surface area contributed by atoms with E-state index < -0.39 is 172 Å². The molecule has 0 aromatic heterocycles. The number of carbonyl (C=O) groups is 7. The summed E-state index contributed by atoms with van der Waals surface area (Å²) in [7, 11) is -17.8. The van der Waals surface area contributed by atoms with Gasteiger partial charge in [0.2, 0.25) is 5.44 Å². The number of rotatable bonds is 20. The summed E-state index contributed by atoms with van der Waals surface area (Å²) in [5.74, 6) is -4.03. The maximum absolute atomic E-state index is 12.1. The van der Waals surface area contributed by atoms with Gasteiger partial charge in [-0.25, -0.2) is 0 Å². The molecule has 0 aromatic carbocycles. The van der Waals surface area contributed by atoms with Gasteiger partial charge in [0.05, 0.1) is 49.8 Å². The molecule has 7 heterocycles. The number of carbonyl (C=O) groups excluding carboxylic acids is 7. The first-order chi connectivity index (χ1) is 45.1. The molecule has 4 saturated carbocycles. The predicted octanol–water partition coefficient (Wildman–Crippen LogP) is 5.68. The Morgan fingerprint density at radius 3 is 1.52 bits per heavy atom. The molecule has 17 atom stereocenters. The zero-order chi connectivity index (χ0) is 73.5. The number of esters is 7. The lowest BCUT2D eigenvalue weighted by Crippen LogP contribution is -2.43. The lowest BCUT2D eigenvalue weighted by molar-refractivity contribution is -0.166. The molecule has 7 saturated heterocycles. The Morgan fingerprint density at radius 2 is 0.949 bits per heavy atom. The molecule has 6 bridgehead atoms. The third-order valence-corrected chi connectivity index (χ3v) is 29.1. The first-order valence-corrected chi connectivity index (χ1v) is 41.2. The summed E-state index contributed by atoms with van der Waals surface area (Å²) in [5.41, 5.74) is -4.07. The van der Waals surface area contributed by atoms with Crippen molar-refractivity contribution in [3.05, 3.63) is 0 Å². The quantitative estimate of drug-likeness (QED) is 0.0465. The van der Waals surface area contributed by atoms with Gasteiger partial charge in [0.1, 0.15) is 80.0 Å². The summed E-state index contributed by atoms with van der Waals surface area (Å²) in [6.07, 6.45) is 2.75. The highest BCUT2D eigenvalue weighted by atomic mass is 32.2. The van der Waals surface area contributed by atoms with E-state index in [0.29, 0.717) is 70.6 Å². The minimum Gasteiger partial charge on any atom is -0.462 e. The van der Waals surface area contributed by atoms with Crippen LogP contribution >= 0.6 is 0 Å². The van der Waals surface area contributed by atoms with Crippen LogP contribution < -0.4 is 0 Å². The standard InChI is InChI=1S/C18H26O9S.C12H18O6S.2C12H20O5S.C9H16O5S/c1-4-18(2,3)17(21)25-6-5-24-13(19)9-14(20)26-15-10-7-11-12(8-10)28(22,23)27-16(11)15;1-4-12(2,3)11(13)17-8-6-5-7-9(16-6)10(8)18-19(7,14)15;1-4-12(2,3)11(13)16-9-6-5-8-7-10(9)17-18(8,14)15;1-4-12(2,3)11(13)16-10-8-6-5-7-9(8)17-18(10,14)15;1-4-9(2,3)8(10)14-7-5-13-15(11,12)6-7/h10-12,15-16H,4-9H2,1-3H3;6-10H,4-5H2,1-3H3;2*8-10H,4-7H2,1-3H3;7H,4-6H2,1-3H3. The summed E-state index contributed by atoms with van der Waals surface area (Å²) >= 11 is 0. The molecule has 35 heteroatoms. The second-order valence-electron chi connectivity index (χ2n) is 30.0. The van der Waals surface area contributed by atoms with Gasteiger partial charge < -0.3 is 37.9 Å². The minimum absolute atomic E-state index is 0.0569. The highest BCUT2D eigenvalue weighted by molar-refractivity contribution is 7.88. The Morgan fingerprint density at radius 1 is 0.429 bits per heavy atom. The second kappa shape index (κ2) is 30.6. The number of hydrogen-bond donors (Lipinski definition) is 0. The van der Waals surface area contributed by atoms with Crippen LogP contribution in [0.3, 0.4) is 0 Å². The topological polar surface area (TPSA) is 410 Å². The predicted molar refractivity (Wildman–Crippen MR) is 343 cm³/mol. The van der Waals surface area contributed by atoms with Crippen molar-refractivity contribution in [2.75, 3.05) is 25.6 Å². The monoisotopic (exact) mass is 1500 g/mol. The van der Waals surface area contributed by atoms with Crippen LogP contribution in [0, 0.1) is 44.8 Å². The van der Waals surface area contributed by atoms with Crippen LogP contribution in [-0.2, 0) is 143 Å². The van der Waals surface area contributed by atoms with Crippen molar-refractivity contribution in [2.24, 2.45) is 44.8 Å². The van der Waals surface area contributed by atoms with Gasteiger partial charge in [-0.1, -0.05) is 41.0 Å². The van der Waals surface area contributed by atoms with Crippen LogP contribution in [0.25, 0.3) is 0 Å². The van der Waals surface area contributed by atoms with Gasteiger partial charge in [-0.3, -0.25) is 54.5 Å². The molecule has 4 aliphatic carbocycles. The summed E-state index contributed by atoms with van der Waals surface area (Å²) < 4.78 is 183. The van der Waals surface area contributed by atoms with Crippen molar-refractivity contribution < 1.29 is 134 Å². The van der Waals surface area contributed by atoms with E-state index in [0.717, 1.165) is 19.3 Å². The largest absolute Gasteiger partial charge is 0.462 e. The molecule has 0 N–H and O–H groups in total. The van der Waals surface area contributed by atoms with E-state index >= 15 is 0 Å². The second-order valence-corrected chi connectivity index (χ2v) is 38.8. The number of fused-ring (bicyclic) bond motifs is 5. The Kier molecular flexibility index (Phi) is 25.3. The Labute approximate surface area is 576 Å². The molecule has 98 heavy (non-hydrogen) atoms. The van der Waals surface area contributed by atoms with Crippen molar-refractivity contribution in [1.29, 1.82) is 0 Å². The maximum Gasteiger partial charge on any atom is 0.317 e. The molecule has 0 spiro atoms. The molecule has 11 fully saturated rings. The molecule has 0 aromatic rings. The van der Waals surface area contributed by atoms with Gasteiger partial charge in [0, 0.05) is 17.8 Å². The Balaban J connectivity index is 0.000000176. The molecular weight excluding hydrogens is 1400 g/mol. The summed E-state index contributed by atoms with van der Waals surface area (Å²) in [6.45, 7) is 27.0. The van der Waals surface area contributed by atoms with Crippen molar-refractivity contribution in [2.45, 2.75) is 282 Å². The molecule has 0 radical (unpaired) electrons. The highest BCUT2D eigenvalue weighted by Crippen LogP contribution is 2.56. The molecule has 0 amide bonds. The lowest BCUT2D eigenvalue weighted by Gasteiger charge is -2.29. The van der Waals surface area contributed by atoms with Gasteiger partial charge in [0.25, 0.3) is 40.5 Å². The first kappa shape index (κ1) is 81.1. The van der Waals surface area contributed by atoms with Crippen molar-refractivity contribution in [3.8, 4) is 0 Å². The van der Waals surface area contributed by atoms with Crippen LogP contribution in [0.15, 0.2) is 0 Å². The fourth-order valence-electron chi connectivity index (χ4n) is 12.5. The van der Waals surface area contributed by atoms with Crippen LogP contribution in [0.4, 0.5) is 0 Å². The van der Waals surface area contributed by atoms with Crippen LogP contribution in [-0.4, -0.2) is 192 Å². The third-order valence-electron chi connectivity index (χ3n) is 21.1. The normalized spacial score (nSPS) is 33.9. The number of ether oxygens (including phenoxy) is 8. The maximum atomic E-state index is 12.1. The third kappa shape index (κ3) is 18.6. The molecule has 7 aliphatic heterocycles. The van der Waals surface area contributed by atoms with Gasteiger partial charge in [-0.2, -0.15) is 42.1 Å². The highest BCUT2D eigenvalue weighted by Gasteiger charge is 2.68. The van der Waals surface area contributed by atoms with Crippen LogP contribution in [0.2, 0.25) is 0 Å². The zero-order valence-electron chi connectivity index (χ0n) is 58.5. The van der Waals surface area contributed by atoms with Crippen LogP contribution in [0.5, 0.6) is 0 Å². The lowest BCUT2D eigenvalue weighted by atomic mass is 9.89. The average molecular weight is 1500 g/mol. The summed E-state index contributed by atoms with van der Waals surface area (Å²) in [6, 6.07) is 0. The van der Waals surface area contributed by atoms with Gasteiger partial charge in [-0.15, -0.1) is 0 Å². The zero-order valence-corrected chi connectivity index (χ0v) is 62.6. The smallest absolute Gasteiger partial charge is 0.317 e. The molecule has 30 nitrogen and oxygen atoms in total. The van der Waals surface area contributed by atoms with Gasteiger partial charge in [-0.05, 0) is 153 Å². The van der Waals surface area contributed by atoms with Crippen molar-refractivity contribution in [1.82, 2.24) is 0 Å². The summed E-state index contributed by atoms with van der Waals surface area (Å²) in [4.78, 5) is 83.2. The first-order valence-electron chi connectivity index (χ1n) is 33.7. The van der Waals surface area contributed by atoms with Gasteiger partial charge >= 0.3 is 51.9 Å². The fourth-order valence-corrected chi connectivity index (χ4v) is 20.3. The molecule has 17 unspecified atom stereocenters. The minimum atomic E-state index is -3.75. The van der Waals surface area contributed by atoms with E-state index in [1.165, 1.54) is 0 Å². The molecule has 11 rings (SSSR count). The summed E-state index contributed by atoms with van der Waals surface area (Å²) in [5, 5.41) is -1.49. The van der Waals surface area contributed by atoms with E-state index in [9.17, 15) is 75.7 Å². The molecule has 11 aliphatic rings.